The second-order valence-corrected chi connectivity index (χ2v) is 7.18. The van der Waals surface area contributed by atoms with Crippen molar-refractivity contribution in [3.63, 3.8) is 0 Å². The molecule has 0 saturated heterocycles. The van der Waals surface area contributed by atoms with E-state index in [4.69, 9.17) is 0 Å². The summed E-state index contributed by atoms with van der Waals surface area (Å²) in [4.78, 5) is 3.25. The molecule has 0 aliphatic heterocycles. The lowest BCUT2D eigenvalue weighted by Gasteiger charge is -2.04. The molecule has 80 valence electrons. The first kappa shape index (κ1) is 11.3. The summed E-state index contributed by atoms with van der Waals surface area (Å²) in [6, 6.07) is 6.07. The molecule has 2 rings (SSSR count). The van der Waals surface area contributed by atoms with Gasteiger partial charge in [0.1, 0.15) is 6.10 Å². The molecule has 1 unspecified atom stereocenters. The smallest absolute Gasteiger partial charge is 0.122 e. The summed E-state index contributed by atoms with van der Waals surface area (Å²) in [6.45, 7) is 4.09. The van der Waals surface area contributed by atoms with Crippen LogP contribution in [0.3, 0.4) is 0 Å². The summed E-state index contributed by atoms with van der Waals surface area (Å²) >= 11 is 6.72. The van der Waals surface area contributed by atoms with Crippen LogP contribution in [0.2, 0.25) is 0 Å². The molecule has 0 aliphatic carbocycles. The zero-order chi connectivity index (χ0) is 11.0. The Labute approximate surface area is 106 Å². The van der Waals surface area contributed by atoms with Gasteiger partial charge in [-0.3, -0.25) is 0 Å². The van der Waals surface area contributed by atoms with Gasteiger partial charge in [-0.15, -0.1) is 22.7 Å². The Hall–Kier alpha value is -0.160. The molecule has 1 nitrogen and oxygen atoms in total. The van der Waals surface area contributed by atoms with Crippen molar-refractivity contribution in [1.29, 1.82) is 0 Å². The molecule has 4 heteroatoms. The van der Waals surface area contributed by atoms with E-state index in [1.165, 1.54) is 10.4 Å². The molecule has 0 radical (unpaired) electrons. The van der Waals surface area contributed by atoms with E-state index in [1.807, 2.05) is 25.1 Å². The van der Waals surface area contributed by atoms with Crippen molar-refractivity contribution in [2.45, 2.75) is 20.0 Å². The van der Waals surface area contributed by atoms with Gasteiger partial charge in [-0.05, 0) is 53.5 Å². The fourth-order valence-corrected chi connectivity index (χ4v) is 3.89. The van der Waals surface area contributed by atoms with Crippen LogP contribution in [-0.2, 0) is 0 Å². The Bertz CT molecular complexity index is 453. The molecule has 0 bridgehead atoms. The first-order valence-corrected chi connectivity index (χ1v) is 7.01. The van der Waals surface area contributed by atoms with Gasteiger partial charge in [0.2, 0.25) is 0 Å². The molecule has 0 amide bonds. The monoisotopic (exact) mass is 302 g/mol. The van der Waals surface area contributed by atoms with Gasteiger partial charge in [0.25, 0.3) is 0 Å². The third-order valence-corrected chi connectivity index (χ3v) is 5.42. The highest BCUT2D eigenvalue weighted by Gasteiger charge is 2.15. The number of aliphatic hydroxyl groups excluding tert-OH is 1. The minimum atomic E-state index is -0.473. The second kappa shape index (κ2) is 4.37. The topological polar surface area (TPSA) is 20.2 Å². The Kier molecular flexibility index (Phi) is 3.30. The number of thiophene rings is 2. The molecule has 1 atom stereocenters. The van der Waals surface area contributed by atoms with Crippen molar-refractivity contribution in [2.75, 3.05) is 0 Å². The van der Waals surface area contributed by atoms with E-state index < -0.39 is 6.10 Å². The molecule has 0 saturated carbocycles. The molecule has 2 aromatic rings. The fourth-order valence-electron chi connectivity index (χ4n) is 1.36. The van der Waals surface area contributed by atoms with Gasteiger partial charge in [0, 0.05) is 14.6 Å². The molecule has 1 N–H and O–H groups in total. The zero-order valence-electron chi connectivity index (χ0n) is 8.45. The van der Waals surface area contributed by atoms with Crippen LogP contribution in [0.15, 0.2) is 22.0 Å². The van der Waals surface area contributed by atoms with Crippen molar-refractivity contribution in [1.82, 2.24) is 0 Å². The van der Waals surface area contributed by atoms with Crippen LogP contribution in [0.5, 0.6) is 0 Å². The van der Waals surface area contributed by atoms with E-state index in [2.05, 4.69) is 22.9 Å². The third-order valence-electron chi connectivity index (χ3n) is 2.18. The predicted octanol–water partition coefficient (Wildman–Crippen LogP) is 4.27. The van der Waals surface area contributed by atoms with Gasteiger partial charge in [-0.1, -0.05) is 0 Å². The fraction of sp³-hybridized carbons (Fsp3) is 0.273. The lowest BCUT2D eigenvalue weighted by molar-refractivity contribution is 0.228. The molecule has 0 aromatic carbocycles. The van der Waals surface area contributed by atoms with Crippen LogP contribution in [0.1, 0.15) is 26.3 Å². The van der Waals surface area contributed by atoms with Crippen molar-refractivity contribution in [3.8, 4) is 0 Å². The summed E-state index contributed by atoms with van der Waals surface area (Å²) in [5.41, 5.74) is 1.18. The Morgan fingerprint density at radius 2 is 1.93 bits per heavy atom. The van der Waals surface area contributed by atoms with Gasteiger partial charge in [-0.25, -0.2) is 0 Å². The first-order valence-electron chi connectivity index (χ1n) is 4.58. The number of halogens is 1. The van der Waals surface area contributed by atoms with E-state index in [0.717, 1.165) is 13.5 Å². The predicted molar refractivity (Wildman–Crippen MR) is 69.9 cm³/mol. The number of aryl methyl sites for hydroxylation is 2. The lowest BCUT2D eigenvalue weighted by Crippen LogP contribution is -1.92. The summed E-state index contributed by atoms with van der Waals surface area (Å²) in [7, 11) is 0. The highest BCUT2D eigenvalue weighted by molar-refractivity contribution is 9.11. The Morgan fingerprint density at radius 3 is 2.40 bits per heavy atom. The SMILES string of the molecule is Cc1ccc(C(O)c2cc(C)c(Br)s2)s1. The standard InChI is InChI=1S/C11H11BrOS2/c1-6-5-9(15-11(6)12)10(13)8-4-3-7(2)14-8/h3-5,10,13H,1-2H3. The zero-order valence-corrected chi connectivity index (χ0v) is 11.7. The number of rotatable bonds is 2. The highest BCUT2D eigenvalue weighted by Crippen LogP contribution is 2.36. The molecule has 0 aliphatic rings. The summed E-state index contributed by atoms with van der Waals surface area (Å²) in [5.74, 6) is 0. The quantitative estimate of drug-likeness (QED) is 0.878. The number of hydrogen-bond donors (Lipinski definition) is 1. The summed E-state index contributed by atoms with van der Waals surface area (Å²) in [6.07, 6.45) is -0.473. The largest absolute Gasteiger partial charge is 0.382 e. The van der Waals surface area contributed by atoms with Crippen molar-refractivity contribution in [3.05, 3.63) is 42.2 Å². The Balaban J connectivity index is 2.31. The Morgan fingerprint density at radius 1 is 1.20 bits per heavy atom. The summed E-state index contributed by atoms with van der Waals surface area (Å²) in [5, 5.41) is 10.1. The molecular formula is C11H11BrOS2. The van der Waals surface area contributed by atoms with E-state index in [-0.39, 0.29) is 0 Å². The maximum absolute atomic E-state index is 10.1. The third kappa shape index (κ3) is 2.33. The molecule has 2 aromatic heterocycles. The van der Waals surface area contributed by atoms with Crippen molar-refractivity contribution < 1.29 is 5.11 Å². The van der Waals surface area contributed by atoms with Crippen LogP contribution in [0, 0.1) is 13.8 Å². The van der Waals surface area contributed by atoms with Gasteiger partial charge >= 0.3 is 0 Å². The molecule has 0 spiro atoms. The van der Waals surface area contributed by atoms with Gasteiger partial charge in [0.15, 0.2) is 0 Å². The highest BCUT2D eigenvalue weighted by atomic mass is 79.9. The molecular weight excluding hydrogens is 292 g/mol. The number of aliphatic hydroxyl groups is 1. The maximum atomic E-state index is 10.1. The lowest BCUT2D eigenvalue weighted by atomic mass is 10.2. The van der Waals surface area contributed by atoms with E-state index in [9.17, 15) is 5.11 Å². The van der Waals surface area contributed by atoms with E-state index in [1.54, 1.807) is 22.7 Å². The van der Waals surface area contributed by atoms with E-state index in [0.29, 0.717) is 0 Å². The van der Waals surface area contributed by atoms with Crippen LogP contribution >= 0.6 is 38.6 Å². The second-order valence-electron chi connectivity index (χ2n) is 3.46. The molecule has 0 fully saturated rings. The molecule has 15 heavy (non-hydrogen) atoms. The number of hydrogen-bond acceptors (Lipinski definition) is 3. The van der Waals surface area contributed by atoms with Crippen molar-refractivity contribution >= 4 is 38.6 Å². The maximum Gasteiger partial charge on any atom is 0.122 e. The van der Waals surface area contributed by atoms with Crippen LogP contribution in [0.25, 0.3) is 0 Å². The van der Waals surface area contributed by atoms with Gasteiger partial charge in [-0.2, -0.15) is 0 Å². The first-order chi connectivity index (χ1) is 7.08. The minimum absolute atomic E-state index is 0.473. The van der Waals surface area contributed by atoms with Gasteiger partial charge < -0.3 is 5.11 Å². The molecule has 2 heterocycles. The van der Waals surface area contributed by atoms with E-state index >= 15 is 0 Å². The van der Waals surface area contributed by atoms with Gasteiger partial charge in [0.05, 0.1) is 3.79 Å². The minimum Gasteiger partial charge on any atom is -0.382 e. The normalized spacial score (nSPS) is 13.1. The van der Waals surface area contributed by atoms with Crippen LogP contribution in [-0.4, -0.2) is 5.11 Å². The summed E-state index contributed by atoms with van der Waals surface area (Å²) < 4.78 is 1.10. The van der Waals surface area contributed by atoms with Crippen LogP contribution in [0.4, 0.5) is 0 Å². The average Bonchev–Trinajstić information content (AvgIpc) is 2.74. The van der Waals surface area contributed by atoms with Crippen LogP contribution < -0.4 is 0 Å². The average molecular weight is 303 g/mol. The van der Waals surface area contributed by atoms with Crippen molar-refractivity contribution in [2.24, 2.45) is 0 Å².